The Kier molecular flexibility index (Phi) is 6.16. The molecule has 1 aromatic heterocycles. The van der Waals surface area contributed by atoms with E-state index in [4.69, 9.17) is 0 Å². The summed E-state index contributed by atoms with van der Waals surface area (Å²) >= 11 is 0. The van der Waals surface area contributed by atoms with Gasteiger partial charge in [-0.1, -0.05) is 44.2 Å². The number of hydrazone groups is 1. The number of benzene rings is 2. The van der Waals surface area contributed by atoms with Gasteiger partial charge in [0, 0.05) is 12.1 Å². The lowest BCUT2D eigenvalue weighted by molar-refractivity contribution is -0.120. The summed E-state index contributed by atoms with van der Waals surface area (Å²) in [6, 6.07) is 16.6. The standard InChI is InChI=1S/C21H23N5O2/c1-15(2)14-26-18-11-7-6-10-17(18)24-19(26)12-23-25-20(27)13-22-21(28)16-8-4-3-5-9-16/h3-12,15H,13-14H2,1-2H3,(H,22,28)(H,25,27)/b23-12+. The minimum atomic E-state index is -0.410. The molecule has 2 amide bonds. The number of hydrogen-bond acceptors (Lipinski definition) is 4. The lowest BCUT2D eigenvalue weighted by Crippen LogP contribution is -2.34. The number of carbonyl (C=O) groups excluding carboxylic acids is 2. The van der Waals surface area contributed by atoms with Crippen LogP contribution < -0.4 is 10.7 Å². The third-order valence-corrected chi connectivity index (χ3v) is 4.05. The van der Waals surface area contributed by atoms with E-state index in [2.05, 4.69) is 39.2 Å². The maximum atomic E-state index is 11.9. The van der Waals surface area contributed by atoms with Crippen LogP contribution in [-0.4, -0.2) is 34.1 Å². The van der Waals surface area contributed by atoms with Crippen molar-refractivity contribution in [2.24, 2.45) is 11.0 Å². The molecule has 3 aromatic rings. The van der Waals surface area contributed by atoms with E-state index >= 15 is 0 Å². The SMILES string of the molecule is CC(C)Cn1c(/C=N/NC(=O)CNC(=O)c2ccccc2)nc2ccccc21. The third kappa shape index (κ3) is 4.82. The van der Waals surface area contributed by atoms with Gasteiger partial charge < -0.3 is 9.88 Å². The first kappa shape index (κ1) is 19.3. The smallest absolute Gasteiger partial charge is 0.259 e. The summed E-state index contributed by atoms with van der Waals surface area (Å²) in [5.74, 6) is 0.390. The quantitative estimate of drug-likeness (QED) is 0.490. The second-order valence-corrected chi connectivity index (χ2v) is 6.81. The van der Waals surface area contributed by atoms with Gasteiger partial charge in [0.25, 0.3) is 11.8 Å². The van der Waals surface area contributed by atoms with Gasteiger partial charge in [0.05, 0.1) is 23.8 Å². The summed E-state index contributed by atoms with van der Waals surface area (Å²) in [6.45, 7) is 4.90. The Hall–Kier alpha value is -3.48. The Morgan fingerprint density at radius 3 is 2.57 bits per heavy atom. The molecule has 0 unspecified atom stereocenters. The van der Waals surface area contributed by atoms with Crippen LogP contribution in [0.4, 0.5) is 0 Å². The van der Waals surface area contributed by atoms with Crippen molar-refractivity contribution < 1.29 is 9.59 Å². The normalized spacial score (nSPS) is 11.2. The van der Waals surface area contributed by atoms with Crippen molar-refractivity contribution in [3.8, 4) is 0 Å². The fourth-order valence-corrected chi connectivity index (χ4v) is 2.80. The first-order valence-electron chi connectivity index (χ1n) is 9.15. The van der Waals surface area contributed by atoms with Gasteiger partial charge >= 0.3 is 0 Å². The van der Waals surface area contributed by atoms with Gasteiger partial charge in [0.1, 0.15) is 0 Å². The van der Waals surface area contributed by atoms with E-state index in [0.29, 0.717) is 17.3 Å². The first-order valence-corrected chi connectivity index (χ1v) is 9.15. The molecule has 0 aliphatic rings. The van der Waals surface area contributed by atoms with Crippen LogP contribution >= 0.6 is 0 Å². The predicted octanol–water partition coefficient (Wildman–Crippen LogP) is 2.57. The van der Waals surface area contributed by atoms with Crippen molar-refractivity contribution in [1.29, 1.82) is 0 Å². The predicted molar refractivity (Wildman–Crippen MR) is 109 cm³/mol. The zero-order valence-electron chi connectivity index (χ0n) is 15.9. The minimum absolute atomic E-state index is 0.159. The van der Waals surface area contributed by atoms with E-state index < -0.39 is 5.91 Å². The fraction of sp³-hybridized carbons (Fsp3) is 0.238. The van der Waals surface area contributed by atoms with Crippen LogP contribution in [0.25, 0.3) is 11.0 Å². The molecule has 0 aliphatic heterocycles. The molecule has 2 N–H and O–H groups in total. The van der Waals surface area contributed by atoms with E-state index in [9.17, 15) is 9.59 Å². The molecule has 0 fully saturated rings. The number of rotatable bonds is 7. The number of imidazole rings is 1. The topological polar surface area (TPSA) is 88.4 Å². The van der Waals surface area contributed by atoms with Crippen LogP contribution in [0.15, 0.2) is 59.7 Å². The van der Waals surface area contributed by atoms with E-state index in [0.717, 1.165) is 17.6 Å². The molecule has 2 aromatic carbocycles. The average Bonchev–Trinajstić information content (AvgIpc) is 3.04. The Labute approximate surface area is 163 Å². The Balaban J connectivity index is 1.61. The Bertz CT molecular complexity index is 992. The molecular formula is C21H23N5O2. The average molecular weight is 377 g/mol. The molecule has 28 heavy (non-hydrogen) atoms. The number of aromatic nitrogens is 2. The zero-order valence-corrected chi connectivity index (χ0v) is 15.9. The van der Waals surface area contributed by atoms with Crippen molar-refractivity contribution >= 4 is 29.1 Å². The molecule has 1 heterocycles. The molecule has 0 aliphatic carbocycles. The number of fused-ring (bicyclic) bond motifs is 1. The fourth-order valence-electron chi connectivity index (χ4n) is 2.80. The number of amides is 2. The van der Waals surface area contributed by atoms with Crippen LogP contribution in [-0.2, 0) is 11.3 Å². The molecule has 0 saturated carbocycles. The Morgan fingerprint density at radius 2 is 1.82 bits per heavy atom. The first-order chi connectivity index (χ1) is 13.5. The van der Waals surface area contributed by atoms with Crippen molar-refractivity contribution in [1.82, 2.24) is 20.3 Å². The summed E-state index contributed by atoms with van der Waals surface area (Å²) in [5, 5.41) is 6.56. The second kappa shape index (κ2) is 8.94. The summed E-state index contributed by atoms with van der Waals surface area (Å²) < 4.78 is 2.08. The highest BCUT2D eigenvalue weighted by Crippen LogP contribution is 2.16. The van der Waals surface area contributed by atoms with Crippen LogP contribution in [0.3, 0.4) is 0 Å². The zero-order chi connectivity index (χ0) is 19.9. The van der Waals surface area contributed by atoms with Crippen LogP contribution in [0, 0.1) is 5.92 Å². The molecule has 0 saturated heterocycles. The van der Waals surface area contributed by atoms with Crippen LogP contribution in [0.1, 0.15) is 30.0 Å². The summed E-state index contributed by atoms with van der Waals surface area (Å²) in [4.78, 5) is 28.5. The highest BCUT2D eigenvalue weighted by molar-refractivity contribution is 5.96. The lowest BCUT2D eigenvalue weighted by atomic mass is 10.2. The summed E-state index contributed by atoms with van der Waals surface area (Å²) in [7, 11) is 0. The molecular weight excluding hydrogens is 354 g/mol. The van der Waals surface area contributed by atoms with Gasteiger partial charge in [-0.05, 0) is 30.2 Å². The van der Waals surface area contributed by atoms with Gasteiger partial charge in [0.15, 0.2) is 5.82 Å². The highest BCUT2D eigenvalue weighted by Gasteiger charge is 2.10. The summed E-state index contributed by atoms with van der Waals surface area (Å²) in [6.07, 6.45) is 1.53. The van der Waals surface area contributed by atoms with Crippen molar-refractivity contribution in [2.75, 3.05) is 6.54 Å². The number of nitrogens with one attached hydrogen (secondary N) is 2. The largest absolute Gasteiger partial charge is 0.343 e. The Morgan fingerprint density at radius 1 is 1.11 bits per heavy atom. The molecule has 7 nitrogen and oxygen atoms in total. The monoisotopic (exact) mass is 377 g/mol. The maximum absolute atomic E-state index is 11.9. The van der Waals surface area contributed by atoms with Gasteiger partial charge in [0.2, 0.25) is 0 Å². The molecule has 144 valence electrons. The van der Waals surface area contributed by atoms with Crippen LogP contribution in [0.5, 0.6) is 0 Å². The molecule has 7 heteroatoms. The van der Waals surface area contributed by atoms with E-state index in [1.54, 1.807) is 24.3 Å². The van der Waals surface area contributed by atoms with Crippen molar-refractivity contribution in [3.05, 3.63) is 66.0 Å². The van der Waals surface area contributed by atoms with Gasteiger partial charge in [-0.2, -0.15) is 5.10 Å². The number of hydrogen-bond donors (Lipinski definition) is 2. The van der Waals surface area contributed by atoms with Crippen molar-refractivity contribution in [2.45, 2.75) is 20.4 Å². The van der Waals surface area contributed by atoms with E-state index in [1.165, 1.54) is 6.21 Å². The highest BCUT2D eigenvalue weighted by atomic mass is 16.2. The van der Waals surface area contributed by atoms with Gasteiger partial charge in [-0.25, -0.2) is 10.4 Å². The van der Waals surface area contributed by atoms with E-state index in [-0.39, 0.29) is 12.5 Å². The van der Waals surface area contributed by atoms with Gasteiger partial charge in [-0.15, -0.1) is 0 Å². The lowest BCUT2D eigenvalue weighted by Gasteiger charge is -2.09. The summed E-state index contributed by atoms with van der Waals surface area (Å²) in [5.41, 5.74) is 4.83. The van der Waals surface area contributed by atoms with Crippen LogP contribution in [0.2, 0.25) is 0 Å². The minimum Gasteiger partial charge on any atom is -0.343 e. The number of carbonyl (C=O) groups is 2. The van der Waals surface area contributed by atoms with E-state index in [1.807, 2.05) is 30.3 Å². The van der Waals surface area contributed by atoms with Crippen molar-refractivity contribution in [3.63, 3.8) is 0 Å². The number of nitrogens with zero attached hydrogens (tertiary/aromatic N) is 3. The number of para-hydroxylation sites is 2. The van der Waals surface area contributed by atoms with Gasteiger partial charge in [-0.3, -0.25) is 9.59 Å². The molecule has 0 atom stereocenters. The third-order valence-electron chi connectivity index (χ3n) is 4.05. The molecule has 0 bridgehead atoms. The molecule has 3 rings (SSSR count). The maximum Gasteiger partial charge on any atom is 0.259 e. The molecule has 0 radical (unpaired) electrons. The molecule has 0 spiro atoms. The second-order valence-electron chi connectivity index (χ2n) is 6.81.